The predicted octanol–water partition coefficient (Wildman–Crippen LogP) is 0.148. The number of hydrogen-bond donors (Lipinski definition) is 0. The molecule has 0 aliphatic heterocycles. The fraction of sp³-hybridized carbons (Fsp3) is 0.154. The molecule has 3 rings (SSSR count). The van der Waals surface area contributed by atoms with Gasteiger partial charge in [-0.15, -0.1) is 11.3 Å². The Kier molecular flexibility index (Phi) is 3.55. The van der Waals surface area contributed by atoms with Crippen LogP contribution in [0.5, 0.6) is 0 Å². The van der Waals surface area contributed by atoms with Gasteiger partial charge in [0.1, 0.15) is 0 Å². The molecule has 0 amide bonds. The van der Waals surface area contributed by atoms with Crippen LogP contribution in [0, 0.1) is 0 Å². The van der Waals surface area contributed by atoms with E-state index in [4.69, 9.17) is 0 Å². The molecule has 0 radical (unpaired) electrons. The number of rotatable bonds is 3. The molecule has 0 atom stereocenters. The Morgan fingerprint density at radius 1 is 1.32 bits per heavy atom. The van der Waals surface area contributed by atoms with Crippen molar-refractivity contribution in [2.45, 2.75) is 6.54 Å². The number of ether oxygens (including phenoxy) is 1. The Hall–Kier alpha value is -2.81. The number of hydrogen-bond acceptors (Lipinski definition) is 7. The number of fused-ring (bicyclic) bond motifs is 1. The SMILES string of the molecule is COC(=O)c1ccc(=O)n(Cc2cc(=O)n3ccsc3n2)n1. The minimum Gasteiger partial charge on any atom is -0.464 e. The van der Waals surface area contributed by atoms with E-state index >= 15 is 0 Å². The zero-order chi connectivity index (χ0) is 15.7. The van der Waals surface area contributed by atoms with Gasteiger partial charge >= 0.3 is 5.97 Å². The van der Waals surface area contributed by atoms with Crippen molar-refractivity contribution in [2.24, 2.45) is 0 Å². The third kappa shape index (κ3) is 2.53. The topological polar surface area (TPSA) is 95.6 Å². The highest BCUT2D eigenvalue weighted by molar-refractivity contribution is 7.15. The van der Waals surface area contributed by atoms with E-state index in [0.717, 1.165) is 4.68 Å². The molecule has 0 fully saturated rings. The van der Waals surface area contributed by atoms with Crippen molar-refractivity contribution in [3.05, 3.63) is 61.9 Å². The molecule has 9 heteroatoms. The van der Waals surface area contributed by atoms with Crippen molar-refractivity contribution in [3.63, 3.8) is 0 Å². The second-order valence-corrected chi connectivity index (χ2v) is 5.22. The van der Waals surface area contributed by atoms with Crippen LogP contribution in [0.4, 0.5) is 0 Å². The molecule has 0 aliphatic carbocycles. The van der Waals surface area contributed by atoms with Gasteiger partial charge in [-0.2, -0.15) is 5.10 Å². The van der Waals surface area contributed by atoms with E-state index in [2.05, 4.69) is 14.8 Å². The molecule has 3 aromatic rings. The lowest BCUT2D eigenvalue weighted by Gasteiger charge is -2.05. The fourth-order valence-corrected chi connectivity index (χ4v) is 2.64. The van der Waals surface area contributed by atoms with Gasteiger partial charge in [-0.05, 0) is 6.07 Å². The molecule has 0 unspecified atom stereocenters. The van der Waals surface area contributed by atoms with Gasteiger partial charge < -0.3 is 4.74 Å². The number of thiazole rings is 1. The van der Waals surface area contributed by atoms with Crippen molar-refractivity contribution >= 4 is 22.3 Å². The summed E-state index contributed by atoms with van der Waals surface area (Å²) in [6.45, 7) is -0.00664. The Labute approximate surface area is 127 Å². The summed E-state index contributed by atoms with van der Waals surface area (Å²) in [5.74, 6) is -0.643. The fourth-order valence-electron chi connectivity index (χ4n) is 1.90. The van der Waals surface area contributed by atoms with E-state index in [1.54, 1.807) is 11.6 Å². The van der Waals surface area contributed by atoms with Crippen LogP contribution in [0.1, 0.15) is 16.2 Å². The molecule has 3 heterocycles. The van der Waals surface area contributed by atoms with Gasteiger partial charge in [0, 0.05) is 23.7 Å². The van der Waals surface area contributed by atoms with Gasteiger partial charge in [-0.25, -0.2) is 14.5 Å². The maximum atomic E-state index is 11.9. The van der Waals surface area contributed by atoms with Gasteiger partial charge in [-0.3, -0.25) is 14.0 Å². The van der Waals surface area contributed by atoms with Crippen molar-refractivity contribution in [1.82, 2.24) is 19.2 Å². The van der Waals surface area contributed by atoms with Crippen molar-refractivity contribution in [1.29, 1.82) is 0 Å². The number of methoxy groups -OCH3 is 1. The molecule has 0 spiro atoms. The lowest BCUT2D eigenvalue weighted by atomic mass is 10.3. The smallest absolute Gasteiger partial charge is 0.358 e. The molecular formula is C13H10N4O4S. The third-order valence-electron chi connectivity index (χ3n) is 2.93. The Morgan fingerprint density at radius 2 is 2.14 bits per heavy atom. The van der Waals surface area contributed by atoms with Gasteiger partial charge in [0.2, 0.25) is 0 Å². The Bertz CT molecular complexity index is 972. The van der Waals surface area contributed by atoms with Crippen LogP contribution < -0.4 is 11.1 Å². The van der Waals surface area contributed by atoms with Gasteiger partial charge in [0.05, 0.1) is 19.3 Å². The van der Waals surface area contributed by atoms with E-state index < -0.39 is 11.5 Å². The molecule has 0 saturated carbocycles. The van der Waals surface area contributed by atoms with Crippen molar-refractivity contribution in [2.75, 3.05) is 7.11 Å². The van der Waals surface area contributed by atoms with Crippen LogP contribution >= 0.6 is 11.3 Å². The molecule has 0 saturated heterocycles. The highest BCUT2D eigenvalue weighted by Gasteiger charge is 2.11. The summed E-state index contributed by atoms with van der Waals surface area (Å²) in [5, 5.41) is 5.67. The number of nitrogens with zero attached hydrogens (tertiary/aromatic N) is 4. The highest BCUT2D eigenvalue weighted by atomic mass is 32.1. The van der Waals surface area contributed by atoms with E-state index in [-0.39, 0.29) is 17.8 Å². The zero-order valence-corrected chi connectivity index (χ0v) is 12.2. The van der Waals surface area contributed by atoms with Crippen LogP contribution in [0.3, 0.4) is 0 Å². The Morgan fingerprint density at radius 3 is 2.91 bits per heavy atom. The largest absolute Gasteiger partial charge is 0.464 e. The van der Waals surface area contributed by atoms with Crippen LogP contribution in [-0.4, -0.2) is 32.2 Å². The Balaban J connectivity index is 2.02. The molecule has 3 aromatic heterocycles. The first-order valence-electron chi connectivity index (χ1n) is 6.21. The lowest BCUT2D eigenvalue weighted by molar-refractivity contribution is 0.0591. The summed E-state index contributed by atoms with van der Waals surface area (Å²) in [6, 6.07) is 3.84. The molecule has 0 aliphatic rings. The first-order chi connectivity index (χ1) is 10.6. The molecule has 0 aromatic carbocycles. The van der Waals surface area contributed by atoms with Crippen LogP contribution in [0.2, 0.25) is 0 Å². The standard InChI is InChI=1S/C13H10N4O4S/c1-21-12(20)9-2-3-10(18)17(15-9)7-8-6-11(19)16-4-5-22-13(16)14-8/h2-6H,7H2,1H3. The summed E-state index contributed by atoms with van der Waals surface area (Å²) in [6.07, 6.45) is 1.63. The number of aromatic nitrogens is 4. The molecule has 0 bridgehead atoms. The maximum absolute atomic E-state index is 11.9. The molecule has 22 heavy (non-hydrogen) atoms. The zero-order valence-electron chi connectivity index (χ0n) is 11.4. The average molecular weight is 318 g/mol. The second-order valence-electron chi connectivity index (χ2n) is 4.35. The number of carbonyl (C=O) groups is 1. The summed E-state index contributed by atoms with van der Waals surface area (Å²) in [4.78, 5) is 40.0. The predicted molar refractivity (Wildman–Crippen MR) is 78.3 cm³/mol. The van der Waals surface area contributed by atoms with Crippen molar-refractivity contribution < 1.29 is 9.53 Å². The molecule has 8 nitrogen and oxygen atoms in total. The maximum Gasteiger partial charge on any atom is 0.358 e. The van der Waals surface area contributed by atoms with E-state index in [9.17, 15) is 14.4 Å². The lowest BCUT2D eigenvalue weighted by Crippen LogP contribution is -2.26. The summed E-state index contributed by atoms with van der Waals surface area (Å²) in [5.41, 5.74) is -0.237. The van der Waals surface area contributed by atoms with E-state index in [1.807, 2.05) is 0 Å². The second kappa shape index (κ2) is 5.53. The van der Waals surface area contributed by atoms with E-state index in [0.29, 0.717) is 10.7 Å². The summed E-state index contributed by atoms with van der Waals surface area (Å²) >= 11 is 1.31. The van der Waals surface area contributed by atoms with Crippen LogP contribution in [0.15, 0.2) is 39.4 Å². The number of carbonyl (C=O) groups excluding carboxylic acids is 1. The normalized spacial score (nSPS) is 10.8. The minimum atomic E-state index is -0.643. The van der Waals surface area contributed by atoms with Crippen LogP contribution in [0.25, 0.3) is 4.96 Å². The highest BCUT2D eigenvalue weighted by Crippen LogP contribution is 2.07. The van der Waals surface area contributed by atoms with Crippen LogP contribution in [-0.2, 0) is 11.3 Å². The molecule has 0 N–H and O–H groups in total. The van der Waals surface area contributed by atoms with E-state index in [1.165, 1.54) is 41.0 Å². The molecule has 112 valence electrons. The monoisotopic (exact) mass is 318 g/mol. The summed E-state index contributed by atoms with van der Waals surface area (Å²) in [7, 11) is 1.23. The first-order valence-corrected chi connectivity index (χ1v) is 7.09. The van der Waals surface area contributed by atoms with Gasteiger partial charge in [-0.1, -0.05) is 0 Å². The summed E-state index contributed by atoms with van der Waals surface area (Å²) < 4.78 is 7.04. The number of esters is 1. The van der Waals surface area contributed by atoms with Gasteiger partial charge in [0.25, 0.3) is 11.1 Å². The quantitative estimate of drug-likeness (QED) is 0.638. The van der Waals surface area contributed by atoms with Crippen molar-refractivity contribution in [3.8, 4) is 0 Å². The average Bonchev–Trinajstić information content (AvgIpc) is 2.97. The third-order valence-corrected chi connectivity index (χ3v) is 3.69. The first kappa shape index (κ1) is 14.1. The van der Waals surface area contributed by atoms with Gasteiger partial charge in [0.15, 0.2) is 10.7 Å². The molecular weight excluding hydrogens is 308 g/mol. The minimum absolute atomic E-state index is 0.00664.